The molecule has 1 saturated heterocycles. The number of anilines is 1. The van der Waals surface area contributed by atoms with E-state index in [0.29, 0.717) is 4.88 Å². The van der Waals surface area contributed by atoms with Crippen LogP contribution in [0.3, 0.4) is 0 Å². The van der Waals surface area contributed by atoms with Gasteiger partial charge in [0, 0.05) is 5.69 Å². The van der Waals surface area contributed by atoms with Gasteiger partial charge in [-0.1, -0.05) is 6.07 Å². The number of imidazole rings is 1. The third-order valence-corrected chi connectivity index (χ3v) is 5.38. The Balaban J connectivity index is 1.49. The Kier molecular flexibility index (Phi) is 4.32. The molecule has 1 fully saturated rings. The van der Waals surface area contributed by atoms with Crippen molar-refractivity contribution in [1.82, 2.24) is 9.97 Å². The topological polar surface area (TPSA) is 62.2 Å². The number of quaternary nitrogens is 1. The molecule has 1 aliphatic rings. The highest BCUT2D eigenvalue weighted by Gasteiger charge is 2.16. The summed E-state index contributed by atoms with van der Waals surface area (Å²) in [7, 11) is 0. The second-order valence-electron chi connectivity index (χ2n) is 6.33. The molecule has 0 spiro atoms. The molecule has 2 aromatic heterocycles. The molecule has 0 aliphatic carbocycles. The van der Waals surface area contributed by atoms with E-state index in [0.717, 1.165) is 29.1 Å². The number of aromatic nitrogens is 2. The van der Waals surface area contributed by atoms with Gasteiger partial charge >= 0.3 is 0 Å². The van der Waals surface area contributed by atoms with Crippen LogP contribution in [0.2, 0.25) is 0 Å². The molecule has 124 valence electrons. The molecule has 3 aromatic rings. The van der Waals surface area contributed by atoms with Gasteiger partial charge < -0.3 is 15.2 Å². The maximum Gasteiger partial charge on any atom is 0.265 e. The van der Waals surface area contributed by atoms with Crippen LogP contribution in [0.1, 0.15) is 34.8 Å². The monoisotopic (exact) mass is 341 g/mol. The minimum absolute atomic E-state index is 0.0677. The first-order valence-corrected chi connectivity index (χ1v) is 9.33. The Hall–Kier alpha value is -2.18. The molecule has 6 heteroatoms. The van der Waals surface area contributed by atoms with Crippen LogP contribution in [0.5, 0.6) is 0 Å². The molecule has 1 amide bonds. The van der Waals surface area contributed by atoms with Crippen molar-refractivity contribution < 1.29 is 9.69 Å². The van der Waals surface area contributed by atoms with Crippen molar-refractivity contribution in [3.63, 3.8) is 0 Å². The maximum atomic E-state index is 12.1. The van der Waals surface area contributed by atoms with Crippen LogP contribution in [0, 0.1) is 0 Å². The number of likely N-dealkylation sites (tertiary alicyclic amines) is 1. The van der Waals surface area contributed by atoms with E-state index in [1.54, 1.807) is 4.90 Å². The second kappa shape index (κ2) is 6.75. The lowest BCUT2D eigenvalue weighted by atomic mass is 10.1. The van der Waals surface area contributed by atoms with Crippen molar-refractivity contribution in [2.45, 2.75) is 25.8 Å². The number of rotatable bonds is 4. The van der Waals surface area contributed by atoms with E-state index in [1.165, 1.54) is 43.7 Å². The fraction of sp³-hybridized carbons (Fsp3) is 0.333. The molecule has 4 rings (SSSR count). The minimum Gasteiger partial charge on any atom is -0.337 e. The number of benzene rings is 1. The second-order valence-corrected chi connectivity index (χ2v) is 7.28. The average Bonchev–Trinajstić information content (AvgIpc) is 3.24. The molecule has 3 N–H and O–H groups in total. The first kappa shape index (κ1) is 15.4. The number of H-pyrrole nitrogens is 1. The van der Waals surface area contributed by atoms with Crippen molar-refractivity contribution in [3.8, 4) is 0 Å². The SMILES string of the molecule is O=C(Nc1ccc2nc(C[NH+]3CCCCC3)[nH]c2c1)c1cccs1. The lowest BCUT2D eigenvalue weighted by Crippen LogP contribution is -3.11. The summed E-state index contributed by atoms with van der Waals surface area (Å²) >= 11 is 1.44. The van der Waals surface area contributed by atoms with Gasteiger partial charge in [0.2, 0.25) is 0 Å². The lowest BCUT2D eigenvalue weighted by Gasteiger charge is -2.22. The van der Waals surface area contributed by atoms with Crippen molar-refractivity contribution in [2.75, 3.05) is 18.4 Å². The third-order valence-electron chi connectivity index (χ3n) is 4.51. The maximum absolute atomic E-state index is 12.1. The fourth-order valence-corrected chi connectivity index (χ4v) is 3.91. The predicted octanol–water partition coefficient (Wildman–Crippen LogP) is 2.45. The molecular weight excluding hydrogens is 320 g/mol. The third kappa shape index (κ3) is 3.34. The van der Waals surface area contributed by atoms with Gasteiger partial charge in [0.1, 0.15) is 6.54 Å². The number of thiophene rings is 1. The minimum atomic E-state index is -0.0677. The number of fused-ring (bicyclic) bond motifs is 1. The first-order chi connectivity index (χ1) is 11.8. The highest BCUT2D eigenvalue weighted by Crippen LogP contribution is 2.19. The number of aromatic amines is 1. The number of hydrogen-bond acceptors (Lipinski definition) is 3. The van der Waals surface area contributed by atoms with E-state index in [-0.39, 0.29) is 5.91 Å². The van der Waals surface area contributed by atoms with Crippen LogP contribution in [0.15, 0.2) is 35.7 Å². The van der Waals surface area contributed by atoms with Crippen molar-refractivity contribution in [3.05, 3.63) is 46.4 Å². The molecule has 0 unspecified atom stereocenters. The summed E-state index contributed by atoms with van der Waals surface area (Å²) in [6, 6.07) is 9.54. The average molecular weight is 341 g/mol. The molecule has 0 atom stereocenters. The molecule has 1 aliphatic heterocycles. The highest BCUT2D eigenvalue weighted by molar-refractivity contribution is 7.12. The predicted molar refractivity (Wildman–Crippen MR) is 96.6 cm³/mol. The van der Waals surface area contributed by atoms with Gasteiger partial charge in [0.05, 0.1) is 29.0 Å². The number of amides is 1. The van der Waals surface area contributed by atoms with Crippen molar-refractivity contribution in [1.29, 1.82) is 0 Å². The zero-order valence-electron chi connectivity index (χ0n) is 13.5. The number of nitrogens with one attached hydrogen (secondary N) is 3. The Morgan fingerprint density at radius 2 is 2.12 bits per heavy atom. The van der Waals surface area contributed by atoms with E-state index in [4.69, 9.17) is 0 Å². The van der Waals surface area contributed by atoms with Crippen LogP contribution >= 0.6 is 11.3 Å². The molecule has 1 aromatic carbocycles. The summed E-state index contributed by atoms with van der Waals surface area (Å²) < 4.78 is 0. The molecule has 5 nitrogen and oxygen atoms in total. The number of nitrogens with zero attached hydrogens (tertiary/aromatic N) is 1. The molecule has 0 radical (unpaired) electrons. The van der Waals surface area contributed by atoms with Crippen LogP contribution in [-0.2, 0) is 6.54 Å². The van der Waals surface area contributed by atoms with Gasteiger partial charge in [-0.3, -0.25) is 4.79 Å². The quantitative estimate of drug-likeness (QED) is 0.682. The van der Waals surface area contributed by atoms with E-state index in [2.05, 4.69) is 15.3 Å². The molecule has 0 bridgehead atoms. The molecule has 0 saturated carbocycles. The van der Waals surface area contributed by atoms with Crippen LogP contribution in [0.25, 0.3) is 11.0 Å². The normalized spacial score (nSPS) is 15.7. The van der Waals surface area contributed by atoms with Gasteiger partial charge in [-0.05, 0) is 48.9 Å². The Bertz CT molecular complexity index is 834. The van der Waals surface area contributed by atoms with Crippen LogP contribution < -0.4 is 10.2 Å². The highest BCUT2D eigenvalue weighted by atomic mass is 32.1. The molecule has 3 heterocycles. The summed E-state index contributed by atoms with van der Waals surface area (Å²) in [5.41, 5.74) is 2.72. The van der Waals surface area contributed by atoms with Gasteiger partial charge in [0.25, 0.3) is 5.91 Å². The van der Waals surface area contributed by atoms with Crippen LogP contribution in [0.4, 0.5) is 5.69 Å². The van der Waals surface area contributed by atoms with Crippen molar-refractivity contribution >= 4 is 34.0 Å². The van der Waals surface area contributed by atoms with E-state index >= 15 is 0 Å². The largest absolute Gasteiger partial charge is 0.337 e. The smallest absolute Gasteiger partial charge is 0.265 e. The summed E-state index contributed by atoms with van der Waals surface area (Å²) in [4.78, 5) is 22.6. The van der Waals surface area contributed by atoms with Crippen LogP contribution in [-0.4, -0.2) is 29.0 Å². The van der Waals surface area contributed by atoms with E-state index in [9.17, 15) is 4.79 Å². The Labute approximate surface area is 144 Å². The number of hydrogen-bond donors (Lipinski definition) is 3. The fourth-order valence-electron chi connectivity index (χ4n) is 3.29. The Morgan fingerprint density at radius 1 is 1.25 bits per heavy atom. The Morgan fingerprint density at radius 3 is 2.92 bits per heavy atom. The zero-order valence-corrected chi connectivity index (χ0v) is 14.3. The number of carbonyl (C=O) groups is 1. The summed E-state index contributed by atoms with van der Waals surface area (Å²) in [5, 5.41) is 4.85. The summed E-state index contributed by atoms with van der Waals surface area (Å²) in [6.07, 6.45) is 3.99. The summed E-state index contributed by atoms with van der Waals surface area (Å²) in [5.74, 6) is 0.963. The van der Waals surface area contributed by atoms with Gasteiger partial charge in [-0.2, -0.15) is 0 Å². The number of carbonyl (C=O) groups excluding carboxylic acids is 1. The lowest BCUT2D eigenvalue weighted by molar-refractivity contribution is -0.919. The standard InChI is InChI=1S/C18H20N4OS/c23-18(16-5-4-10-24-16)19-13-6-7-14-15(11-13)21-17(20-14)12-22-8-2-1-3-9-22/h4-7,10-11H,1-3,8-9,12H2,(H,19,23)(H,20,21)/p+1. The van der Waals surface area contributed by atoms with Crippen molar-refractivity contribution in [2.24, 2.45) is 0 Å². The number of piperidine rings is 1. The van der Waals surface area contributed by atoms with Gasteiger partial charge in [0.15, 0.2) is 5.82 Å². The molecule has 24 heavy (non-hydrogen) atoms. The zero-order chi connectivity index (χ0) is 16.4. The van der Waals surface area contributed by atoms with Gasteiger partial charge in [-0.25, -0.2) is 4.98 Å². The van der Waals surface area contributed by atoms with E-state index < -0.39 is 0 Å². The first-order valence-electron chi connectivity index (χ1n) is 8.45. The van der Waals surface area contributed by atoms with Gasteiger partial charge in [-0.15, -0.1) is 11.3 Å². The molecular formula is C18H21N4OS+. The summed E-state index contributed by atoms with van der Waals surface area (Å²) in [6.45, 7) is 3.42. The van der Waals surface area contributed by atoms with E-state index in [1.807, 2.05) is 35.7 Å².